The maximum Gasteiger partial charge on any atom is 0.303 e. The van der Waals surface area contributed by atoms with Gasteiger partial charge in [-0.3, -0.25) is 9.59 Å². The normalized spacial score (nSPS) is 9.88. The number of carbonyl (C=O) groups is 2. The minimum atomic E-state index is -1.08. The van der Waals surface area contributed by atoms with Gasteiger partial charge in [0, 0.05) is 0 Å². The summed E-state index contributed by atoms with van der Waals surface area (Å²) in [5.74, 6) is -1.70. The van der Waals surface area contributed by atoms with Gasteiger partial charge in [0.1, 0.15) is 5.75 Å². The summed E-state index contributed by atoms with van der Waals surface area (Å²) >= 11 is 0. The van der Waals surface area contributed by atoms with E-state index in [1.807, 2.05) is 18.2 Å². The molecule has 5 heteroatoms. The van der Waals surface area contributed by atoms with E-state index < -0.39 is 11.9 Å². The number of aromatic hydroxyl groups is 1. The molecule has 5 nitrogen and oxygen atoms in total. The van der Waals surface area contributed by atoms with Gasteiger partial charge < -0.3 is 15.3 Å². The Labute approximate surface area is 144 Å². The lowest BCUT2D eigenvalue weighted by Crippen LogP contribution is -2.00. The van der Waals surface area contributed by atoms with E-state index in [0.29, 0.717) is 5.75 Å². The molecule has 1 aromatic carbocycles. The summed E-state index contributed by atoms with van der Waals surface area (Å²) in [6.07, 6.45) is 9.69. The van der Waals surface area contributed by atoms with Crippen LogP contribution >= 0.6 is 0 Å². The van der Waals surface area contributed by atoms with Gasteiger partial charge in [-0.2, -0.15) is 0 Å². The predicted octanol–water partition coefficient (Wildman–Crippen LogP) is 4.62. The molecule has 0 bridgehead atoms. The van der Waals surface area contributed by atoms with Crippen LogP contribution in [0.15, 0.2) is 24.3 Å². The molecule has 0 saturated heterocycles. The van der Waals surface area contributed by atoms with E-state index in [-0.39, 0.29) is 12.8 Å². The Hall–Kier alpha value is -2.04. The predicted molar refractivity (Wildman–Crippen MR) is 94.3 cm³/mol. The number of unbranched alkanes of at least 4 members (excludes halogenated alkanes) is 6. The highest BCUT2D eigenvalue weighted by Crippen LogP contribution is 2.18. The first kappa shape index (κ1) is 22.0. The van der Waals surface area contributed by atoms with Gasteiger partial charge in [-0.15, -0.1) is 0 Å². The number of phenols is 1. The van der Waals surface area contributed by atoms with Gasteiger partial charge >= 0.3 is 11.9 Å². The largest absolute Gasteiger partial charge is 0.508 e. The molecule has 136 valence electrons. The van der Waals surface area contributed by atoms with E-state index in [1.54, 1.807) is 6.07 Å². The fourth-order valence-corrected chi connectivity index (χ4v) is 2.21. The van der Waals surface area contributed by atoms with Crippen molar-refractivity contribution in [3.05, 3.63) is 29.8 Å². The topological polar surface area (TPSA) is 94.8 Å². The third kappa shape index (κ3) is 13.6. The van der Waals surface area contributed by atoms with Gasteiger partial charge in [-0.25, -0.2) is 0 Å². The molecule has 0 aliphatic carbocycles. The third-order valence-electron chi connectivity index (χ3n) is 3.59. The van der Waals surface area contributed by atoms with Crippen molar-refractivity contribution >= 4 is 11.9 Å². The van der Waals surface area contributed by atoms with Gasteiger partial charge in [0.15, 0.2) is 0 Å². The second kappa shape index (κ2) is 14.5. The minimum Gasteiger partial charge on any atom is -0.508 e. The molecule has 0 radical (unpaired) electrons. The summed E-state index contributed by atoms with van der Waals surface area (Å²) in [4.78, 5) is 19.3. The monoisotopic (exact) mass is 338 g/mol. The highest BCUT2D eigenvalue weighted by atomic mass is 16.4. The Balaban J connectivity index is 0.000000561. The third-order valence-corrected chi connectivity index (χ3v) is 3.59. The van der Waals surface area contributed by atoms with E-state index in [4.69, 9.17) is 10.2 Å². The van der Waals surface area contributed by atoms with Crippen molar-refractivity contribution in [2.75, 3.05) is 0 Å². The van der Waals surface area contributed by atoms with Gasteiger partial charge in [0.2, 0.25) is 0 Å². The SMILES string of the molecule is CCCCCCCCCc1ccccc1O.O=C(O)CCC(=O)O. The fourth-order valence-electron chi connectivity index (χ4n) is 2.21. The molecule has 3 N–H and O–H groups in total. The summed E-state index contributed by atoms with van der Waals surface area (Å²) < 4.78 is 0. The number of carboxylic acid groups (broad SMARTS) is 2. The van der Waals surface area contributed by atoms with Crippen molar-refractivity contribution in [3.63, 3.8) is 0 Å². The van der Waals surface area contributed by atoms with Crippen molar-refractivity contribution in [2.24, 2.45) is 0 Å². The number of hydrogen-bond acceptors (Lipinski definition) is 3. The van der Waals surface area contributed by atoms with Crippen LogP contribution < -0.4 is 0 Å². The molecular formula is C19H30O5. The summed E-state index contributed by atoms with van der Waals surface area (Å²) in [6, 6.07) is 7.67. The zero-order chi connectivity index (χ0) is 18.2. The second-order valence-corrected chi connectivity index (χ2v) is 5.79. The summed E-state index contributed by atoms with van der Waals surface area (Å²) in [5.41, 5.74) is 1.09. The van der Waals surface area contributed by atoms with Crippen LogP contribution in [0.3, 0.4) is 0 Å². The average molecular weight is 338 g/mol. The lowest BCUT2D eigenvalue weighted by Gasteiger charge is -2.04. The lowest BCUT2D eigenvalue weighted by molar-refractivity contribution is -0.143. The number of hydrogen-bond donors (Lipinski definition) is 3. The lowest BCUT2D eigenvalue weighted by atomic mass is 10.0. The van der Waals surface area contributed by atoms with Crippen LogP contribution in [0.4, 0.5) is 0 Å². The van der Waals surface area contributed by atoms with Crippen molar-refractivity contribution in [2.45, 2.75) is 71.1 Å². The zero-order valence-electron chi connectivity index (χ0n) is 14.5. The summed E-state index contributed by atoms with van der Waals surface area (Å²) in [7, 11) is 0. The Bertz CT molecular complexity index is 457. The molecule has 0 atom stereocenters. The minimum absolute atomic E-state index is 0.296. The highest BCUT2D eigenvalue weighted by Gasteiger charge is 2.00. The van der Waals surface area contributed by atoms with Crippen molar-refractivity contribution in [1.82, 2.24) is 0 Å². The molecule has 0 unspecified atom stereocenters. The first-order chi connectivity index (χ1) is 11.5. The molecule has 0 aliphatic rings. The molecular weight excluding hydrogens is 308 g/mol. The van der Waals surface area contributed by atoms with Crippen LogP contribution in [0.5, 0.6) is 5.75 Å². The molecule has 0 aromatic heterocycles. The van der Waals surface area contributed by atoms with Crippen LogP contribution in [0.1, 0.15) is 70.3 Å². The van der Waals surface area contributed by atoms with Crippen LogP contribution in [-0.2, 0) is 16.0 Å². The number of aliphatic carboxylic acids is 2. The molecule has 0 fully saturated rings. The Morgan fingerprint density at radius 2 is 1.33 bits per heavy atom. The summed E-state index contributed by atoms with van der Waals surface area (Å²) in [5, 5.41) is 25.4. The molecule has 1 rings (SSSR count). The summed E-state index contributed by atoms with van der Waals surface area (Å²) in [6.45, 7) is 2.25. The molecule has 0 aliphatic heterocycles. The number of rotatable bonds is 11. The maximum atomic E-state index is 9.64. The van der Waals surface area contributed by atoms with Crippen LogP contribution in [0.2, 0.25) is 0 Å². The molecule has 0 heterocycles. The number of para-hydroxylation sites is 1. The number of carboxylic acids is 2. The Kier molecular flexibility index (Phi) is 13.3. The Morgan fingerprint density at radius 3 is 1.83 bits per heavy atom. The smallest absolute Gasteiger partial charge is 0.303 e. The van der Waals surface area contributed by atoms with Crippen molar-refractivity contribution < 1.29 is 24.9 Å². The molecule has 1 aromatic rings. The average Bonchev–Trinajstić information content (AvgIpc) is 2.54. The first-order valence-electron chi connectivity index (χ1n) is 8.67. The van der Waals surface area contributed by atoms with E-state index >= 15 is 0 Å². The molecule has 0 amide bonds. The van der Waals surface area contributed by atoms with Crippen molar-refractivity contribution in [3.8, 4) is 5.75 Å². The van der Waals surface area contributed by atoms with Gasteiger partial charge in [-0.05, 0) is 24.5 Å². The van der Waals surface area contributed by atoms with E-state index in [1.165, 1.54) is 44.9 Å². The van der Waals surface area contributed by atoms with Gasteiger partial charge in [0.25, 0.3) is 0 Å². The zero-order valence-corrected chi connectivity index (χ0v) is 14.5. The highest BCUT2D eigenvalue weighted by molar-refractivity contribution is 5.75. The number of phenolic OH excluding ortho intramolecular Hbond substituents is 1. The molecule has 0 spiro atoms. The molecule has 0 saturated carbocycles. The number of benzene rings is 1. The van der Waals surface area contributed by atoms with E-state index in [9.17, 15) is 14.7 Å². The second-order valence-electron chi connectivity index (χ2n) is 5.79. The first-order valence-corrected chi connectivity index (χ1v) is 8.67. The van der Waals surface area contributed by atoms with Crippen LogP contribution in [0, 0.1) is 0 Å². The van der Waals surface area contributed by atoms with Gasteiger partial charge in [0.05, 0.1) is 12.8 Å². The van der Waals surface area contributed by atoms with Gasteiger partial charge in [-0.1, -0.05) is 63.6 Å². The van der Waals surface area contributed by atoms with Crippen LogP contribution in [0.25, 0.3) is 0 Å². The van der Waals surface area contributed by atoms with Crippen molar-refractivity contribution in [1.29, 1.82) is 0 Å². The fraction of sp³-hybridized carbons (Fsp3) is 0.579. The quantitative estimate of drug-likeness (QED) is 0.512. The maximum absolute atomic E-state index is 9.64. The molecule has 24 heavy (non-hydrogen) atoms. The Morgan fingerprint density at radius 1 is 0.833 bits per heavy atom. The number of aryl methyl sites for hydroxylation is 1. The van der Waals surface area contributed by atoms with E-state index in [2.05, 4.69) is 6.92 Å². The standard InChI is InChI=1S/C15H24O.C4H6O4/c1-2-3-4-5-6-7-8-11-14-12-9-10-13-15(14)16;5-3(6)1-2-4(7)8/h9-10,12-13,16H,2-8,11H2,1H3;1-2H2,(H,5,6)(H,7,8). The van der Waals surface area contributed by atoms with E-state index in [0.717, 1.165) is 12.0 Å². The van der Waals surface area contributed by atoms with Crippen LogP contribution in [-0.4, -0.2) is 27.3 Å².